The van der Waals surface area contributed by atoms with Gasteiger partial charge in [0, 0.05) is 6.54 Å². The monoisotopic (exact) mass is 480 g/mol. The number of benzene rings is 2. The van der Waals surface area contributed by atoms with Crippen molar-refractivity contribution in [3.8, 4) is 0 Å². The van der Waals surface area contributed by atoms with Gasteiger partial charge in [0.25, 0.3) is 5.91 Å². The second-order valence-corrected chi connectivity index (χ2v) is 11.2. The summed E-state index contributed by atoms with van der Waals surface area (Å²) in [4.78, 5) is 27.7. The first kappa shape index (κ1) is 24.4. The minimum Gasteiger partial charge on any atom is -0.274 e. The molecular formula is C27H32N2O4S. The maximum atomic E-state index is 13.6. The molecule has 4 rings (SSSR count). The van der Waals surface area contributed by atoms with Gasteiger partial charge in [0.1, 0.15) is 6.04 Å². The summed E-state index contributed by atoms with van der Waals surface area (Å²) in [5.41, 5.74) is 2.81. The predicted octanol–water partition coefficient (Wildman–Crippen LogP) is 5.02. The Hall–Kier alpha value is -2.77. The van der Waals surface area contributed by atoms with Crippen molar-refractivity contribution in [2.75, 3.05) is 11.4 Å². The number of imide groups is 1. The Morgan fingerprint density at radius 2 is 1.71 bits per heavy atom. The van der Waals surface area contributed by atoms with Crippen LogP contribution in [0, 0.1) is 0 Å². The standard InChI is InChI=1S/C27H32N2O4S/c1-20(2)22-13-15-23(16-14-22)29-26(30)19-25(27(29)31)28(18-17-21-9-5-3-6-10-21)34(32,33)24-11-7-4-8-12-24/h4,7-9,11-16,20,25H,3,5-6,10,17-19H2,1-2H3. The van der Waals surface area contributed by atoms with Gasteiger partial charge in [-0.2, -0.15) is 4.31 Å². The summed E-state index contributed by atoms with van der Waals surface area (Å²) in [6, 6.07) is 14.4. The van der Waals surface area contributed by atoms with Crippen LogP contribution in [0.4, 0.5) is 5.69 Å². The number of amides is 2. The molecule has 0 N–H and O–H groups in total. The second-order valence-electron chi connectivity index (χ2n) is 9.32. The minimum absolute atomic E-state index is 0.132. The molecular weight excluding hydrogens is 448 g/mol. The Balaban J connectivity index is 1.64. The first-order chi connectivity index (χ1) is 16.3. The van der Waals surface area contributed by atoms with Crippen LogP contribution in [0.5, 0.6) is 0 Å². The van der Waals surface area contributed by atoms with Crippen molar-refractivity contribution < 1.29 is 18.0 Å². The van der Waals surface area contributed by atoms with Crippen LogP contribution < -0.4 is 4.90 Å². The summed E-state index contributed by atoms with van der Waals surface area (Å²) in [6.07, 6.45) is 6.78. The molecule has 180 valence electrons. The molecule has 1 unspecified atom stereocenters. The van der Waals surface area contributed by atoms with Gasteiger partial charge in [-0.15, -0.1) is 0 Å². The SMILES string of the molecule is CC(C)c1ccc(N2C(=O)CC(N(CCC3=CCCCC3)S(=O)(=O)c3ccccc3)C2=O)cc1. The molecule has 1 aliphatic heterocycles. The van der Waals surface area contributed by atoms with Gasteiger partial charge in [-0.1, -0.05) is 55.8 Å². The van der Waals surface area contributed by atoms with E-state index in [0.29, 0.717) is 18.0 Å². The van der Waals surface area contributed by atoms with Gasteiger partial charge in [-0.3, -0.25) is 9.59 Å². The molecule has 0 aromatic heterocycles. The lowest BCUT2D eigenvalue weighted by Gasteiger charge is -2.27. The first-order valence-electron chi connectivity index (χ1n) is 12.0. The van der Waals surface area contributed by atoms with E-state index in [-0.39, 0.29) is 23.8 Å². The van der Waals surface area contributed by atoms with Crippen LogP contribution in [0.3, 0.4) is 0 Å². The summed E-state index contributed by atoms with van der Waals surface area (Å²) < 4.78 is 28.5. The molecule has 1 aliphatic carbocycles. The number of sulfonamides is 1. The molecule has 34 heavy (non-hydrogen) atoms. The third kappa shape index (κ3) is 5.00. The maximum Gasteiger partial charge on any atom is 0.252 e. The van der Waals surface area contributed by atoms with Gasteiger partial charge in [0.05, 0.1) is 17.0 Å². The summed E-state index contributed by atoms with van der Waals surface area (Å²) >= 11 is 0. The van der Waals surface area contributed by atoms with E-state index in [9.17, 15) is 18.0 Å². The van der Waals surface area contributed by atoms with E-state index in [1.165, 1.54) is 22.0 Å². The summed E-state index contributed by atoms with van der Waals surface area (Å²) in [7, 11) is -3.96. The number of hydrogen-bond acceptors (Lipinski definition) is 4. The lowest BCUT2D eigenvalue weighted by atomic mass is 9.97. The van der Waals surface area contributed by atoms with Gasteiger partial charge in [-0.25, -0.2) is 13.3 Å². The quantitative estimate of drug-likeness (QED) is 0.393. The van der Waals surface area contributed by atoms with Crippen molar-refractivity contribution in [1.29, 1.82) is 0 Å². The molecule has 7 heteroatoms. The van der Waals surface area contributed by atoms with E-state index < -0.39 is 22.0 Å². The van der Waals surface area contributed by atoms with Crippen molar-refractivity contribution in [2.24, 2.45) is 0 Å². The van der Waals surface area contributed by atoms with Crippen LogP contribution in [-0.2, 0) is 19.6 Å². The zero-order valence-electron chi connectivity index (χ0n) is 19.8. The molecule has 0 saturated carbocycles. The normalized spacial score (nSPS) is 19.2. The number of anilines is 1. The van der Waals surface area contributed by atoms with Crippen LogP contribution in [0.1, 0.15) is 63.9 Å². The number of rotatable bonds is 8. The van der Waals surface area contributed by atoms with E-state index in [1.54, 1.807) is 30.3 Å². The van der Waals surface area contributed by atoms with Crippen LogP contribution in [0.2, 0.25) is 0 Å². The molecule has 0 spiro atoms. The molecule has 1 saturated heterocycles. The maximum absolute atomic E-state index is 13.6. The molecule has 6 nitrogen and oxygen atoms in total. The van der Waals surface area contributed by atoms with E-state index in [1.807, 2.05) is 12.1 Å². The van der Waals surface area contributed by atoms with Crippen LogP contribution in [0.25, 0.3) is 0 Å². The van der Waals surface area contributed by atoms with Gasteiger partial charge < -0.3 is 0 Å². The highest BCUT2D eigenvalue weighted by Crippen LogP contribution is 2.31. The Kier molecular flexibility index (Phi) is 7.33. The van der Waals surface area contributed by atoms with Crippen molar-refractivity contribution in [2.45, 2.75) is 69.2 Å². The zero-order chi connectivity index (χ0) is 24.3. The third-order valence-electron chi connectivity index (χ3n) is 6.68. The molecule has 0 bridgehead atoms. The molecule has 2 amide bonds. The second kappa shape index (κ2) is 10.2. The number of hydrogen-bond donors (Lipinski definition) is 0. The average molecular weight is 481 g/mol. The number of carbonyl (C=O) groups is 2. The Morgan fingerprint density at radius 1 is 1.00 bits per heavy atom. The molecule has 2 aromatic rings. The van der Waals surface area contributed by atoms with E-state index >= 15 is 0 Å². The molecule has 1 heterocycles. The van der Waals surface area contributed by atoms with Gasteiger partial charge in [0.2, 0.25) is 15.9 Å². The van der Waals surface area contributed by atoms with Crippen LogP contribution in [0.15, 0.2) is 71.1 Å². The van der Waals surface area contributed by atoms with Gasteiger partial charge in [-0.05, 0) is 67.9 Å². The van der Waals surface area contributed by atoms with Crippen molar-refractivity contribution in [3.05, 3.63) is 71.8 Å². The van der Waals surface area contributed by atoms with Crippen molar-refractivity contribution in [3.63, 3.8) is 0 Å². The zero-order valence-corrected chi connectivity index (χ0v) is 20.6. The smallest absolute Gasteiger partial charge is 0.252 e. The molecule has 1 fully saturated rings. The minimum atomic E-state index is -3.96. The highest BCUT2D eigenvalue weighted by Gasteiger charge is 2.46. The summed E-state index contributed by atoms with van der Waals surface area (Å²) in [5, 5.41) is 0. The fourth-order valence-corrected chi connectivity index (χ4v) is 6.28. The average Bonchev–Trinajstić information content (AvgIpc) is 3.13. The molecule has 2 aliphatic rings. The van der Waals surface area contributed by atoms with Gasteiger partial charge in [0.15, 0.2) is 0 Å². The first-order valence-corrected chi connectivity index (χ1v) is 13.4. The number of carbonyl (C=O) groups excluding carboxylic acids is 2. The van der Waals surface area contributed by atoms with Crippen LogP contribution >= 0.6 is 0 Å². The lowest BCUT2D eigenvalue weighted by molar-refractivity contribution is -0.122. The molecule has 0 radical (unpaired) electrons. The topological polar surface area (TPSA) is 74.8 Å². The number of nitrogens with zero attached hydrogens (tertiary/aromatic N) is 2. The van der Waals surface area contributed by atoms with E-state index in [2.05, 4.69) is 19.9 Å². The molecule has 1 atom stereocenters. The fourth-order valence-electron chi connectivity index (χ4n) is 4.68. The largest absolute Gasteiger partial charge is 0.274 e. The fraction of sp³-hybridized carbons (Fsp3) is 0.407. The van der Waals surface area contributed by atoms with Gasteiger partial charge >= 0.3 is 0 Å². The van der Waals surface area contributed by atoms with Crippen molar-refractivity contribution >= 4 is 27.5 Å². The predicted molar refractivity (Wildman–Crippen MR) is 133 cm³/mol. The molecule has 2 aromatic carbocycles. The Labute approximate surface area is 202 Å². The summed E-state index contributed by atoms with van der Waals surface area (Å²) in [5.74, 6) is -0.538. The van der Waals surface area contributed by atoms with Crippen molar-refractivity contribution in [1.82, 2.24) is 4.31 Å². The highest BCUT2D eigenvalue weighted by atomic mass is 32.2. The number of allylic oxidation sites excluding steroid dienone is 1. The summed E-state index contributed by atoms with van der Waals surface area (Å²) in [6.45, 7) is 4.32. The van der Waals surface area contributed by atoms with E-state index in [4.69, 9.17) is 0 Å². The lowest BCUT2D eigenvalue weighted by Crippen LogP contribution is -2.46. The third-order valence-corrected chi connectivity index (χ3v) is 8.60. The van der Waals surface area contributed by atoms with Crippen LogP contribution in [-0.4, -0.2) is 37.1 Å². The Bertz CT molecular complexity index is 1170. The Morgan fingerprint density at radius 3 is 2.32 bits per heavy atom. The highest BCUT2D eigenvalue weighted by molar-refractivity contribution is 7.89. The van der Waals surface area contributed by atoms with E-state index in [0.717, 1.165) is 36.1 Å².